The van der Waals surface area contributed by atoms with Crippen molar-refractivity contribution in [2.75, 3.05) is 0 Å². The second-order valence-electron chi connectivity index (χ2n) is 0.549. The van der Waals surface area contributed by atoms with E-state index in [0.717, 1.165) is 0 Å². The first-order valence-corrected chi connectivity index (χ1v) is 2.93. The summed E-state index contributed by atoms with van der Waals surface area (Å²) in [6.45, 7) is 0. The van der Waals surface area contributed by atoms with Crippen LogP contribution in [-0.2, 0) is 0 Å². The van der Waals surface area contributed by atoms with E-state index < -0.39 is 0 Å². The largest absolute Gasteiger partial charge is 0.216 e. The normalized spacial score (nSPS) is 20.8. The summed E-state index contributed by atoms with van der Waals surface area (Å²) in [6.07, 6.45) is 0. The van der Waals surface area contributed by atoms with Crippen LogP contribution in [0.15, 0.2) is 4.40 Å². The van der Waals surface area contributed by atoms with Gasteiger partial charge in [0.15, 0.2) is 0 Å². The van der Waals surface area contributed by atoms with Crippen LogP contribution >= 0.6 is 23.7 Å². The second kappa shape index (κ2) is 1.72. The molecular weight excluding hydrogens is 102 g/mol. The van der Waals surface area contributed by atoms with Crippen LogP contribution in [0.2, 0.25) is 0 Å². The molecule has 1 aliphatic rings. The fourth-order valence-corrected chi connectivity index (χ4v) is 1.12. The molecule has 0 atom stereocenters. The van der Waals surface area contributed by atoms with Crippen molar-refractivity contribution in [3.8, 4) is 0 Å². The van der Waals surface area contributed by atoms with Crippen molar-refractivity contribution < 1.29 is 0 Å². The van der Waals surface area contributed by atoms with Crippen LogP contribution in [0.1, 0.15) is 0 Å². The molecule has 0 fully saturated rings. The summed E-state index contributed by atoms with van der Waals surface area (Å²) in [5.74, 6) is 0. The summed E-state index contributed by atoms with van der Waals surface area (Å²) >= 11 is 3.10. The Morgan fingerprint density at radius 1 is 1.60 bits per heavy atom. The minimum atomic E-state index is 1.48. The minimum absolute atomic E-state index is 1.48. The lowest BCUT2D eigenvalue weighted by atomic mass is 11.7. The predicted molar refractivity (Wildman–Crippen MR) is 28.0 cm³/mol. The van der Waals surface area contributed by atoms with Gasteiger partial charge in [0.25, 0.3) is 0 Å². The van der Waals surface area contributed by atoms with Crippen LogP contribution in [-0.4, -0.2) is 5.55 Å². The van der Waals surface area contributed by atoms with Gasteiger partial charge in [-0.05, 0) is 11.9 Å². The highest BCUT2D eigenvalue weighted by Gasteiger charge is 1.88. The topological polar surface area (TPSA) is 12.4 Å². The van der Waals surface area contributed by atoms with Crippen LogP contribution < -0.4 is 0 Å². The lowest BCUT2D eigenvalue weighted by Gasteiger charge is -1.64. The molecule has 1 radical (unpaired) electrons. The molecule has 27 valence electrons. The molecule has 0 spiro atoms. The van der Waals surface area contributed by atoms with Crippen LogP contribution in [0.3, 0.4) is 0 Å². The molecule has 5 heavy (non-hydrogen) atoms. The Bertz CT molecular complexity index is 45.6. The maximum Gasteiger partial charge on any atom is 0.101 e. The number of hydrogen-bond acceptors (Lipinski definition) is 3. The fourth-order valence-electron chi connectivity index (χ4n) is 0.124. The Morgan fingerprint density at radius 3 is 2.80 bits per heavy atom. The molecule has 1 rings (SSSR count). The van der Waals surface area contributed by atoms with Crippen LogP contribution in [0, 0.1) is 5.08 Å². The third kappa shape index (κ3) is 0.851. The van der Waals surface area contributed by atoms with Gasteiger partial charge < -0.3 is 0 Å². The summed E-state index contributed by atoms with van der Waals surface area (Å²) in [6, 6.07) is 0. The van der Waals surface area contributed by atoms with Crippen molar-refractivity contribution in [2.45, 2.75) is 0 Å². The van der Waals surface area contributed by atoms with E-state index >= 15 is 0 Å². The van der Waals surface area contributed by atoms with Crippen molar-refractivity contribution in [3.05, 3.63) is 5.08 Å². The van der Waals surface area contributed by atoms with E-state index in [0.29, 0.717) is 0 Å². The third-order valence-electron chi connectivity index (χ3n) is 0.263. The number of rotatable bonds is 0. The van der Waals surface area contributed by atoms with Gasteiger partial charge in [0, 0.05) is 0 Å². The van der Waals surface area contributed by atoms with Gasteiger partial charge in [-0.2, -0.15) is 0 Å². The van der Waals surface area contributed by atoms with Gasteiger partial charge in [0.05, 0.1) is 5.55 Å². The van der Waals surface area contributed by atoms with Gasteiger partial charge in [-0.1, -0.05) is 11.8 Å². The van der Waals surface area contributed by atoms with Crippen molar-refractivity contribution in [2.24, 2.45) is 4.40 Å². The highest BCUT2D eigenvalue weighted by molar-refractivity contribution is 8.28. The van der Waals surface area contributed by atoms with Crippen molar-refractivity contribution in [1.82, 2.24) is 0 Å². The highest BCUT2D eigenvalue weighted by atomic mass is 32.2. The zero-order valence-electron chi connectivity index (χ0n) is 2.42. The molecule has 1 nitrogen and oxygen atoms in total. The Balaban J connectivity index is 2.32. The first-order chi connectivity index (χ1) is 2.50. The van der Waals surface area contributed by atoms with Gasteiger partial charge in [0.1, 0.15) is 5.08 Å². The standard InChI is InChI=1S/C2H2NS2/c1-3-5-2-4-1/h1-2H. The number of thioether (sulfide) groups is 1. The summed E-state index contributed by atoms with van der Waals surface area (Å²) < 4.78 is 3.78. The van der Waals surface area contributed by atoms with E-state index in [1.807, 2.05) is 10.6 Å². The Labute approximate surface area is 39.4 Å². The maximum atomic E-state index is 3.78. The minimum Gasteiger partial charge on any atom is -0.216 e. The average molecular weight is 104 g/mol. The highest BCUT2D eigenvalue weighted by Crippen LogP contribution is 2.23. The van der Waals surface area contributed by atoms with Crippen LogP contribution in [0.25, 0.3) is 0 Å². The quantitative estimate of drug-likeness (QED) is 0.432. The average Bonchev–Trinajstić information content (AvgIpc) is 1.76. The molecule has 1 aliphatic heterocycles. The number of nitrogens with zero attached hydrogens (tertiary/aromatic N) is 1. The monoisotopic (exact) mass is 104 g/mol. The molecule has 0 saturated heterocycles. The smallest absolute Gasteiger partial charge is 0.101 e. The van der Waals surface area contributed by atoms with E-state index in [9.17, 15) is 0 Å². The van der Waals surface area contributed by atoms with E-state index in [4.69, 9.17) is 0 Å². The first kappa shape index (κ1) is 3.56. The molecule has 0 aliphatic carbocycles. The summed E-state index contributed by atoms with van der Waals surface area (Å²) in [4.78, 5) is 0. The Hall–Kier alpha value is 0.370. The molecule has 0 bridgehead atoms. The predicted octanol–water partition coefficient (Wildman–Crippen LogP) is 1.53. The van der Waals surface area contributed by atoms with Crippen LogP contribution in [0.5, 0.6) is 0 Å². The van der Waals surface area contributed by atoms with Gasteiger partial charge in [-0.3, -0.25) is 0 Å². The van der Waals surface area contributed by atoms with Crippen molar-refractivity contribution in [1.29, 1.82) is 0 Å². The molecule has 1 heterocycles. The molecule has 0 unspecified atom stereocenters. The lowest BCUT2D eigenvalue weighted by Crippen LogP contribution is -1.37. The van der Waals surface area contributed by atoms with Crippen LogP contribution in [0.4, 0.5) is 0 Å². The molecule has 0 aromatic carbocycles. The molecule has 0 aromatic heterocycles. The Morgan fingerprint density at radius 2 is 2.60 bits per heavy atom. The lowest BCUT2D eigenvalue weighted by molar-refractivity contribution is 2.05. The third-order valence-corrected chi connectivity index (χ3v) is 1.64. The van der Waals surface area contributed by atoms with Gasteiger partial charge in [-0.25, -0.2) is 4.40 Å². The maximum absolute atomic E-state index is 3.78. The summed E-state index contributed by atoms with van der Waals surface area (Å²) in [5, 5.41) is 1.97. The zero-order chi connectivity index (χ0) is 3.54. The van der Waals surface area contributed by atoms with E-state index in [-0.39, 0.29) is 0 Å². The van der Waals surface area contributed by atoms with Gasteiger partial charge in [-0.15, -0.1) is 0 Å². The number of hydrogen-bond donors (Lipinski definition) is 0. The molecular formula is C2H2NS2. The zero-order valence-corrected chi connectivity index (χ0v) is 4.05. The first-order valence-electron chi connectivity index (χ1n) is 1.15. The van der Waals surface area contributed by atoms with Crippen molar-refractivity contribution >= 4 is 29.3 Å². The molecule has 0 aromatic rings. The molecule has 3 heteroatoms. The summed E-state index contributed by atoms with van der Waals surface area (Å²) in [5.41, 5.74) is 1.81. The second-order valence-corrected chi connectivity index (χ2v) is 2.22. The summed E-state index contributed by atoms with van der Waals surface area (Å²) in [7, 11) is 0. The van der Waals surface area contributed by atoms with E-state index in [1.54, 1.807) is 11.8 Å². The SMILES string of the molecule is [CH]1SC=NS1. The fraction of sp³-hybridized carbons (Fsp3) is 0. The molecule has 0 N–H and O–H groups in total. The van der Waals surface area contributed by atoms with E-state index in [1.165, 1.54) is 11.9 Å². The molecule has 0 amide bonds. The Kier molecular flexibility index (Phi) is 1.22. The van der Waals surface area contributed by atoms with E-state index in [2.05, 4.69) is 4.40 Å². The molecule has 0 saturated carbocycles. The van der Waals surface area contributed by atoms with Gasteiger partial charge in [0.2, 0.25) is 0 Å². The van der Waals surface area contributed by atoms with Crippen molar-refractivity contribution in [3.63, 3.8) is 0 Å². The van der Waals surface area contributed by atoms with Gasteiger partial charge >= 0.3 is 0 Å².